The van der Waals surface area contributed by atoms with Gasteiger partial charge in [0.1, 0.15) is 5.82 Å². The molecule has 1 aliphatic heterocycles. The molecular weight excluding hydrogens is 227 g/mol. The van der Waals surface area contributed by atoms with Crippen LogP contribution in [0.25, 0.3) is 0 Å². The Labute approximate surface area is 100 Å². The van der Waals surface area contributed by atoms with Gasteiger partial charge < -0.3 is 10.2 Å². The van der Waals surface area contributed by atoms with Crippen molar-refractivity contribution in [3.63, 3.8) is 0 Å². The minimum Gasteiger partial charge on any atom is -0.380 e. The lowest BCUT2D eigenvalue weighted by Crippen LogP contribution is -2.25. The van der Waals surface area contributed by atoms with E-state index < -0.39 is 0 Å². The smallest absolute Gasteiger partial charge is 0.125 e. The van der Waals surface area contributed by atoms with Crippen LogP contribution in [0.4, 0.5) is 10.1 Å². The monoisotopic (exact) mass is 242 g/mol. The maximum Gasteiger partial charge on any atom is 0.125 e. The molecule has 2 unspecified atom stereocenters. The van der Waals surface area contributed by atoms with Gasteiger partial charge in [-0.2, -0.15) is 0 Å². The Balaban J connectivity index is 2.07. The van der Waals surface area contributed by atoms with E-state index in [4.69, 9.17) is 11.6 Å². The molecule has 1 N–H and O–H groups in total. The number of halogens is 2. The van der Waals surface area contributed by atoms with Crippen molar-refractivity contribution in [2.24, 2.45) is 0 Å². The predicted octanol–water partition coefficient (Wildman–Crippen LogP) is 2.98. The second-order valence-corrected chi connectivity index (χ2v) is 4.90. The van der Waals surface area contributed by atoms with E-state index in [2.05, 4.69) is 24.2 Å². The van der Waals surface area contributed by atoms with E-state index >= 15 is 0 Å². The minimum absolute atomic E-state index is 0.258. The van der Waals surface area contributed by atoms with Crippen LogP contribution in [0, 0.1) is 5.82 Å². The van der Waals surface area contributed by atoms with Gasteiger partial charge in [-0.1, -0.05) is 11.6 Å². The van der Waals surface area contributed by atoms with Crippen LogP contribution < -0.4 is 5.32 Å². The summed E-state index contributed by atoms with van der Waals surface area (Å²) in [5, 5.41) is 3.87. The molecule has 16 heavy (non-hydrogen) atoms. The summed E-state index contributed by atoms with van der Waals surface area (Å²) in [6.07, 6.45) is 1.06. The largest absolute Gasteiger partial charge is 0.380 e. The number of nitrogens with one attached hydrogen (secondary N) is 1. The highest BCUT2D eigenvalue weighted by molar-refractivity contribution is 6.33. The van der Waals surface area contributed by atoms with Crippen molar-refractivity contribution in [2.45, 2.75) is 25.4 Å². The first-order valence-electron chi connectivity index (χ1n) is 5.48. The lowest BCUT2D eigenvalue weighted by molar-refractivity contribution is 0.330. The fourth-order valence-corrected chi connectivity index (χ4v) is 2.30. The van der Waals surface area contributed by atoms with Crippen LogP contribution >= 0.6 is 11.6 Å². The highest BCUT2D eigenvalue weighted by Crippen LogP contribution is 2.26. The Morgan fingerprint density at radius 2 is 2.25 bits per heavy atom. The first-order chi connectivity index (χ1) is 7.56. The summed E-state index contributed by atoms with van der Waals surface area (Å²) in [6.45, 7) is 3.16. The summed E-state index contributed by atoms with van der Waals surface area (Å²) in [7, 11) is 2.10. The molecule has 0 saturated carbocycles. The van der Waals surface area contributed by atoms with Gasteiger partial charge in [-0.25, -0.2) is 4.39 Å². The number of hydrogen-bond acceptors (Lipinski definition) is 2. The summed E-state index contributed by atoms with van der Waals surface area (Å²) < 4.78 is 13.1. The molecule has 2 atom stereocenters. The van der Waals surface area contributed by atoms with E-state index in [-0.39, 0.29) is 5.82 Å². The Hall–Kier alpha value is -0.800. The highest BCUT2D eigenvalue weighted by Gasteiger charge is 2.26. The fourth-order valence-electron chi connectivity index (χ4n) is 2.13. The summed E-state index contributed by atoms with van der Waals surface area (Å²) in [6, 6.07) is 5.31. The molecule has 0 bridgehead atoms. The summed E-state index contributed by atoms with van der Waals surface area (Å²) in [4.78, 5) is 2.28. The quantitative estimate of drug-likeness (QED) is 0.858. The average Bonchev–Trinajstić information content (AvgIpc) is 2.52. The zero-order chi connectivity index (χ0) is 11.7. The molecule has 1 saturated heterocycles. The number of likely N-dealkylation sites (tertiary alicyclic amines) is 1. The molecule has 2 nitrogen and oxygen atoms in total. The second-order valence-electron chi connectivity index (χ2n) is 4.49. The molecule has 1 aromatic carbocycles. The molecule has 0 spiro atoms. The second kappa shape index (κ2) is 4.60. The maximum absolute atomic E-state index is 13.1. The summed E-state index contributed by atoms with van der Waals surface area (Å²) >= 11 is 6.00. The maximum atomic E-state index is 13.1. The van der Waals surface area contributed by atoms with E-state index in [1.54, 1.807) is 6.07 Å². The third-order valence-corrected chi connectivity index (χ3v) is 3.50. The van der Waals surface area contributed by atoms with Crippen molar-refractivity contribution in [1.82, 2.24) is 4.90 Å². The minimum atomic E-state index is -0.258. The first kappa shape index (κ1) is 11.7. The van der Waals surface area contributed by atoms with Gasteiger partial charge in [-0.15, -0.1) is 0 Å². The van der Waals surface area contributed by atoms with Crippen LogP contribution in [0.15, 0.2) is 18.2 Å². The number of benzene rings is 1. The molecule has 4 heteroatoms. The Kier molecular flexibility index (Phi) is 3.36. The van der Waals surface area contributed by atoms with Crippen molar-refractivity contribution >= 4 is 17.3 Å². The van der Waals surface area contributed by atoms with Gasteiger partial charge in [-0.05, 0) is 38.6 Å². The van der Waals surface area contributed by atoms with Crippen LogP contribution in [0.5, 0.6) is 0 Å². The van der Waals surface area contributed by atoms with E-state index in [1.165, 1.54) is 12.1 Å². The third-order valence-electron chi connectivity index (χ3n) is 3.17. The molecule has 0 amide bonds. The standard InChI is InChI=1S/C12H16ClFN2/c1-8-5-10(7-16(8)2)15-12-6-9(14)3-4-11(12)13/h3-4,6,8,10,15H,5,7H2,1-2H3. The number of anilines is 1. The molecule has 0 aliphatic carbocycles. The summed E-state index contributed by atoms with van der Waals surface area (Å²) in [5.74, 6) is -0.258. The first-order valence-corrected chi connectivity index (χ1v) is 5.86. The van der Waals surface area contributed by atoms with Gasteiger partial charge in [-0.3, -0.25) is 0 Å². The van der Waals surface area contributed by atoms with Crippen molar-refractivity contribution in [2.75, 3.05) is 18.9 Å². The molecule has 1 heterocycles. The average molecular weight is 243 g/mol. The molecule has 1 aromatic rings. The Morgan fingerprint density at radius 3 is 2.88 bits per heavy atom. The number of hydrogen-bond donors (Lipinski definition) is 1. The molecule has 0 radical (unpaired) electrons. The number of likely N-dealkylation sites (N-methyl/N-ethyl adjacent to an activating group) is 1. The van der Waals surface area contributed by atoms with Crippen LogP contribution in [-0.2, 0) is 0 Å². The van der Waals surface area contributed by atoms with Crippen LogP contribution in [0.1, 0.15) is 13.3 Å². The van der Waals surface area contributed by atoms with E-state index in [0.29, 0.717) is 22.8 Å². The topological polar surface area (TPSA) is 15.3 Å². The number of rotatable bonds is 2. The van der Waals surface area contributed by atoms with Gasteiger partial charge in [0.05, 0.1) is 10.7 Å². The zero-order valence-electron chi connectivity index (χ0n) is 9.50. The molecule has 1 aliphatic rings. The van der Waals surface area contributed by atoms with Crippen molar-refractivity contribution < 1.29 is 4.39 Å². The lowest BCUT2D eigenvalue weighted by Gasteiger charge is -2.15. The molecular formula is C12H16ClFN2. The van der Waals surface area contributed by atoms with Gasteiger partial charge in [0.2, 0.25) is 0 Å². The van der Waals surface area contributed by atoms with Crippen molar-refractivity contribution in [1.29, 1.82) is 0 Å². The van der Waals surface area contributed by atoms with Crippen LogP contribution in [0.3, 0.4) is 0 Å². The van der Waals surface area contributed by atoms with Gasteiger partial charge in [0, 0.05) is 18.6 Å². The van der Waals surface area contributed by atoms with Crippen LogP contribution in [-0.4, -0.2) is 30.6 Å². The predicted molar refractivity (Wildman–Crippen MR) is 65.5 cm³/mol. The fraction of sp³-hybridized carbons (Fsp3) is 0.500. The van der Waals surface area contributed by atoms with Crippen LogP contribution in [0.2, 0.25) is 5.02 Å². The SMILES string of the molecule is CC1CC(Nc2cc(F)ccc2Cl)CN1C. The van der Waals surface area contributed by atoms with E-state index in [1.807, 2.05) is 0 Å². The normalized spacial score (nSPS) is 26.0. The van der Waals surface area contributed by atoms with Crippen molar-refractivity contribution in [3.8, 4) is 0 Å². The molecule has 0 aromatic heterocycles. The summed E-state index contributed by atoms with van der Waals surface area (Å²) in [5.41, 5.74) is 0.689. The molecule has 2 rings (SSSR count). The number of nitrogens with zero attached hydrogens (tertiary/aromatic N) is 1. The van der Waals surface area contributed by atoms with Crippen molar-refractivity contribution in [3.05, 3.63) is 29.0 Å². The third kappa shape index (κ3) is 2.47. The Bertz CT molecular complexity index is 373. The van der Waals surface area contributed by atoms with E-state index in [0.717, 1.165) is 13.0 Å². The van der Waals surface area contributed by atoms with Gasteiger partial charge >= 0.3 is 0 Å². The van der Waals surface area contributed by atoms with E-state index in [9.17, 15) is 4.39 Å². The van der Waals surface area contributed by atoms with Gasteiger partial charge in [0.25, 0.3) is 0 Å². The highest BCUT2D eigenvalue weighted by atomic mass is 35.5. The zero-order valence-corrected chi connectivity index (χ0v) is 10.3. The Morgan fingerprint density at radius 1 is 1.50 bits per heavy atom. The molecule has 88 valence electrons. The molecule has 1 fully saturated rings. The van der Waals surface area contributed by atoms with Gasteiger partial charge in [0.15, 0.2) is 0 Å². The lowest BCUT2D eigenvalue weighted by atomic mass is 10.2.